The molecule has 1 aromatic rings. The Balaban J connectivity index is 2.70. The Kier molecular flexibility index (Phi) is 2.90. The van der Waals surface area contributed by atoms with Gasteiger partial charge in [0.05, 0.1) is 0 Å². The Labute approximate surface area is 80.2 Å². The van der Waals surface area contributed by atoms with E-state index in [1.54, 1.807) is 0 Å². The summed E-state index contributed by atoms with van der Waals surface area (Å²) in [4.78, 5) is 11.2. The van der Waals surface area contributed by atoms with Gasteiger partial charge >= 0.3 is 0 Å². The molecule has 1 aromatic carbocycles. The average molecular weight is 194 g/mol. The Morgan fingerprint density at radius 1 is 1.29 bits per heavy atom. The summed E-state index contributed by atoms with van der Waals surface area (Å²) in [6.07, 6.45) is 0. The number of nitrogens with one attached hydrogen (secondary N) is 1. The third-order valence-electron chi connectivity index (χ3n) is 1.42. The van der Waals surface area contributed by atoms with Crippen LogP contribution in [0.2, 0.25) is 0 Å². The van der Waals surface area contributed by atoms with Crippen LogP contribution in [0.3, 0.4) is 0 Å². The molecule has 0 saturated carbocycles. The van der Waals surface area contributed by atoms with Crippen LogP contribution in [0.4, 0.5) is 0 Å². The standard InChI is InChI=1S/C8H10N4O2/c9-8(10)12-11-7(14)5-1-3-6(13)4-2-5/h1-4,13H,(H,11,14)(H4,9,10,12). The zero-order chi connectivity index (χ0) is 10.6. The fourth-order valence-corrected chi connectivity index (χ4v) is 0.793. The number of hydrogen-bond acceptors (Lipinski definition) is 3. The van der Waals surface area contributed by atoms with E-state index in [0.717, 1.165) is 0 Å². The van der Waals surface area contributed by atoms with E-state index in [4.69, 9.17) is 16.6 Å². The van der Waals surface area contributed by atoms with Gasteiger partial charge in [-0.15, -0.1) is 5.10 Å². The molecule has 14 heavy (non-hydrogen) atoms. The number of hydrogen-bond donors (Lipinski definition) is 4. The Morgan fingerprint density at radius 3 is 2.36 bits per heavy atom. The fourth-order valence-electron chi connectivity index (χ4n) is 0.793. The smallest absolute Gasteiger partial charge is 0.271 e. The molecule has 6 nitrogen and oxygen atoms in total. The lowest BCUT2D eigenvalue weighted by Gasteiger charge is -1.99. The molecule has 0 unspecified atom stereocenters. The van der Waals surface area contributed by atoms with Gasteiger partial charge in [-0.25, -0.2) is 5.43 Å². The van der Waals surface area contributed by atoms with E-state index in [9.17, 15) is 4.79 Å². The van der Waals surface area contributed by atoms with E-state index in [2.05, 4.69) is 10.5 Å². The topological polar surface area (TPSA) is 114 Å². The highest BCUT2D eigenvalue weighted by Crippen LogP contribution is 2.09. The summed E-state index contributed by atoms with van der Waals surface area (Å²) in [7, 11) is 0. The average Bonchev–Trinajstić information content (AvgIpc) is 2.15. The van der Waals surface area contributed by atoms with Crippen LogP contribution in [0.5, 0.6) is 5.75 Å². The minimum atomic E-state index is -0.446. The van der Waals surface area contributed by atoms with Gasteiger partial charge in [-0.3, -0.25) is 4.79 Å². The third-order valence-corrected chi connectivity index (χ3v) is 1.42. The van der Waals surface area contributed by atoms with E-state index in [1.165, 1.54) is 24.3 Å². The number of hydrazone groups is 1. The first-order valence-electron chi connectivity index (χ1n) is 3.77. The highest BCUT2D eigenvalue weighted by Gasteiger charge is 2.03. The van der Waals surface area contributed by atoms with Gasteiger partial charge in [0.15, 0.2) is 0 Å². The molecular weight excluding hydrogens is 184 g/mol. The SMILES string of the molecule is NC(N)=NNC(=O)c1ccc(O)cc1. The van der Waals surface area contributed by atoms with Crippen LogP contribution in [0.1, 0.15) is 10.4 Å². The van der Waals surface area contributed by atoms with Crippen LogP contribution in [0.25, 0.3) is 0 Å². The van der Waals surface area contributed by atoms with Crippen molar-refractivity contribution in [1.29, 1.82) is 0 Å². The lowest BCUT2D eigenvalue weighted by molar-refractivity contribution is 0.0954. The molecule has 0 fully saturated rings. The van der Waals surface area contributed by atoms with Crippen LogP contribution < -0.4 is 16.9 Å². The maximum absolute atomic E-state index is 11.2. The number of nitrogens with zero attached hydrogens (tertiary/aromatic N) is 1. The minimum absolute atomic E-state index is 0.0865. The van der Waals surface area contributed by atoms with Gasteiger partial charge in [0, 0.05) is 5.56 Å². The number of carbonyl (C=O) groups is 1. The van der Waals surface area contributed by atoms with E-state index < -0.39 is 5.91 Å². The maximum atomic E-state index is 11.2. The van der Waals surface area contributed by atoms with Gasteiger partial charge < -0.3 is 16.6 Å². The van der Waals surface area contributed by atoms with Crippen LogP contribution in [-0.2, 0) is 0 Å². The Morgan fingerprint density at radius 2 is 1.86 bits per heavy atom. The summed E-state index contributed by atoms with van der Waals surface area (Å²) < 4.78 is 0. The molecule has 0 heterocycles. The van der Waals surface area contributed by atoms with Gasteiger partial charge in [0.25, 0.3) is 5.91 Å². The quantitative estimate of drug-likeness (QED) is 0.283. The van der Waals surface area contributed by atoms with E-state index >= 15 is 0 Å². The summed E-state index contributed by atoms with van der Waals surface area (Å²) in [5.41, 5.74) is 12.5. The molecule has 0 bridgehead atoms. The number of rotatable bonds is 2. The van der Waals surface area contributed by atoms with Crippen LogP contribution in [-0.4, -0.2) is 17.0 Å². The first kappa shape index (κ1) is 9.85. The normalized spacial score (nSPS) is 9.14. The van der Waals surface area contributed by atoms with Crippen molar-refractivity contribution in [3.63, 3.8) is 0 Å². The molecule has 0 spiro atoms. The number of aromatic hydroxyl groups is 1. The molecule has 0 saturated heterocycles. The van der Waals surface area contributed by atoms with Crippen molar-refractivity contribution in [2.24, 2.45) is 16.6 Å². The molecule has 0 atom stereocenters. The van der Waals surface area contributed by atoms with Crippen LogP contribution in [0.15, 0.2) is 29.4 Å². The molecule has 0 aromatic heterocycles. The predicted octanol–water partition coefficient (Wildman–Crippen LogP) is -0.690. The lowest BCUT2D eigenvalue weighted by atomic mass is 10.2. The first-order valence-corrected chi connectivity index (χ1v) is 3.77. The first-order chi connectivity index (χ1) is 6.59. The largest absolute Gasteiger partial charge is 0.508 e. The molecule has 1 amide bonds. The predicted molar refractivity (Wildman–Crippen MR) is 51.4 cm³/mol. The van der Waals surface area contributed by atoms with Crippen LogP contribution >= 0.6 is 0 Å². The highest BCUT2D eigenvalue weighted by atomic mass is 16.3. The zero-order valence-electron chi connectivity index (χ0n) is 7.27. The second-order valence-electron chi connectivity index (χ2n) is 2.52. The molecule has 0 radical (unpaired) electrons. The summed E-state index contributed by atoms with van der Waals surface area (Å²) in [5.74, 6) is -0.584. The van der Waals surface area contributed by atoms with Crippen molar-refractivity contribution in [3.05, 3.63) is 29.8 Å². The highest BCUT2D eigenvalue weighted by molar-refractivity contribution is 5.94. The molecule has 0 aliphatic rings. The van der Waals surface area contributed by atoms with Crippen LogP contribution in [0, 0.1) is 0 Å². The van der Waals surface area contributed by atoms with Gasteiger partial charge in [-0.1, -0.05) is 0 Å². The fraction of sp³-hybridized carbons (Fsp3) is 0. The van der Waals surface area contributed by atoms with Crippen molar-refractivity contribution in [1.82, 2.24) is 5.43 Å². The molecule has 6 heteroatoms. The van der Waals surface area contributed by atoms with Crippen molar-refractivity contribution in [2.75, 3.05) is 0 Å². The summed E-state index contributed by atoms with van der Waals surface area (Å²) in [6, 6.07) is 5.69. The van der Waals surface area contributed by atoms with E-state index in [-0.39, 0.29) is 11.7 Å². The number of carbonyl (C=O) groups excluding carboxylic acids is 1. The van der Waals surface area contributed by atoms with Crippen molar-refractivity contribution >= 4 is 11.9 Å². The lowest BCUT2D eigenvalue weighted by Crippen LogP contribution is -2.28. The Bertz CT molecular complexity index is 354. The molecule has 0 aliphatic heterocycles. The van der Waals surface area contributed by atoms with Gasteiger partial charge in [-0.2, -0.15) is 0 Å². The van der Waals surface area contributed by atoms with E-state index in [0.29, 0.717) is 5.56 Å². The summed E-state index contributed by atoms with van der Waals surface area (Å²) in [5, 5.41) is 12.3. The van der Waals surface area contributed by atoms with Crippen molar-refractivity contribution < 1.29 is 9.90 Å². The van der Waals surface area contributed by atoms with Gasteiger partial charge in [0.1, 0.15) is 5.75 Å². The summed E-state index contributed by atoms with van der Waals surface area (Å²) >= 11 is 0. The second-order valence-corrected chi connectivity index (χ2v) is 2.52. The van der Waals surface area contributed by atoms with Crippen molar-refractivity contribution in [3.8, 4) is 5.75 Å². The molecule has 6 N–H and O–H groups in total. The number of benzene rings is 1. The number of guanidine groups is 1. The third kappa shape index (κ3) is 2.67. The molecule has 74 valence electrons. The number of phenolic OH excluding ortho intramolecular Hbond substituents is 1. The molecule has 1 rings (SSSR count). The zero-order valence-corrected chi connectivity index (χ0v) is 7.27. The van der Waals surface area contributed by atoms with Gasteiger partial charge in [0.2, 0.25) is 5.96 Å². The number of amides is 1. The molecular formula is C8H10N4O2. The second kappa shape index (κ2) is 4.13. The minimum Gasteiger partial charge on any atom is -0.508 e. The monoisotopic (exact) mass is 194 g/mol. The maximum Gasteiger partial charge on any atom is 0.271 e. The number of nitrogens with two attached hydrogens (primary N) is 2. The number of phenols is 1. The summed E-state index contributed by atoms with van der Waals surface area (Å²) in [6.45, 7) is 0. The Hall–Kier alpha value is -2.24. The molecule has 0 aliphatic carbocycles. The van der Waals surface area contributed by atoms with Crippen molar-refractivity contribution in [2.45, 2.75) is 0 Å². The van der Waals surface area contributed by atoms with E-state index in [1.807, 2.05) is 0 Å². The van der Waals surface area contributed by atoms with Gasteiger partial charge in [-0.05, 0) is 24.3 Å².